The Morgan fingerprint density at radius 3 is 2.60 bits per heavy atom. The van der Waals surface area contributed by atoms with E-state index >= 15 is 0 Å². The van der Waals surface area contributed by atoms with Crippen molar-refractivity contribution in [3.63, 3.8) is 0 Å². The van der Waals surface area contributed by atoms with Crippen LogP contribution < -0.4 is 5.32 Å². The van der Waals surface area contributed by atoms with E-state index in [1.807, 2.05) is 11.3 Å². The largest absolute Gasteiger partial charge is 0.308 e. The van der Waals surface area contributed by atoms with E-state index in [4.69, 9.17) is 0 Å². The molecule has 1 aromatic heterocycles. The number of aromatic nitrogens is 2. The van der Waals surface area contributed by atoms with Gasteiger partial charge in [0.15, 0.2) is 0 Å². The molecule has 0 saturated heterocycles. The Kier molecular flexibility index (Phi) is 6.43. The first-order valence-corrected chi connectivity index (χ1v) is 9.12. The zero-order valence-electron chi connectivity index (χ0n) is 13.2. The van der Waals surface area contributed by atoms with Gasteiger partial charge in [-0.3, -0.25) is 0 Å². The molecule has 1 aliphatic rings. The van der Waals surface area contributed by atoms with Crippen molar-refractivity contribution in [1.82, 2.24) is 15.5 Å². The van der Waals surface area contributed by atoms with Crippen molar-refractivity contribution in [2.24, 2.45) is 5.92 Å². The lowest BCUT2D eigenvalue weighted by atomic mass is 9.80. The molecule has 1 fully saturated rings. The number of hydrogen-bond acceptors (Lipinski definition) is 4. The van der Waals surface area contributed by atoms with Gasteiger partial charge in [-0.15, -0.1) is 10.2 Å². The summed E-state index contributed by atoms with van der Waals surface area (Å²) in [5.41, 5.74) is 0. The number of rotatable bonds is 7. The molecule has 114 valence electrons. The number of unbranched alkanes of at least 4 members (excludes halogenated alkanes) is 1. The lowest BCUT2D eigenvalue weighted by molar-refractivity contribution is 0.303. The van der Waals surface area contributed by atoms with Crippen molar-refractivity contribution in [2.75, 3.05) is 6.54 Å². The van der Waals surface area contributed by atoms with Gasteiger partial charge in [0.05, 0.1) is 6.04 Å². The molecule has 1 unspecified atom stereocenters. The number of nitrogens with one attached hydrogen (secondary N) is 1. The number of hydrogen-bond donors (Lipinski definition) is 1. The maximum Gasteiger partial charge on any atom is 0.134 e. The molecular formula is C16H29N3S. The summed E-state index contributed by atoms with van der Waals surface area (Å²) in [6.45, 7) is 7.59. The first-order chi connectivity index (χ1) is 9.74. The predicted octanol–water partition coefficient (Wildman–Crippen LogP) is 4.67. The van der Waals surface area contributed by atoms with E-state index in [1.165, 1.54) is 50.0 Å². The topological polar surface area (TPSA) is 37.8 Å². The normalized spacial score (nSPS) is 24.8. The molecule has 3 nitrogen and oxygen atoms in total. The van der Waals surface area contributed by atoms with Crippen LogP contribution in [-0.4, -0.2) is 16.7 Å². The Hall–Kier alpha value is -0.480. The highest BCUT2D eigenvalue weighted by molar-refractivity contribution is 7.11. The minimum Gasteiger partial charge on any atom is -0.308 e. The molecule has 0 bridgehead atoms. The van der Waals surface area contributed by atoms with Gasteiger partial charge >= 0.3 is 0 Å². The minimum absolute atomic E-state index is 0.340. The molecule has 0 amide bonds. The van der Waals surface area contributed by atoms with E-state index in [-0.39, 0.29) is 0 Å². The standard InChI is InChI=1S/C16H29N3S/c1-4-6-7-13-8-10-14(11-9-13)16-19-18-15(20-16)12(3)17-5-2/h12-14,17H,4-11H2,1-3H3. The highest BCUT2D eigenvalue weighted by Crippen LogP contribution is 2.39. The van der Waals surface area contributed by atoms with Crippen molar-refractivity contribution in [3.05, 3.63) is 10.0 Å². The second kappa shape index (κ2) is 8.08. The summed E-state index contributed by atoms with van der Waals surface area (Å²) in [5.74, 6) is 1.65. The second-order valence-corrected chi connectivity index (χ2v) is 7.16. The van der Waals surface area contributed by atoms with E-state index in [2.05, 4.69) is 36.3 Å². The fourth-order valence-corrected chi connectivity index (χ4v) is 4.21. The number of nitrogens with zero attached hydrogens (tertiary/aromatic N) is 2. The van der Waals surface area contributed by atoms with Gasteiger partial charge in [-0.05, 0) is 45.1 Å². The molecule has 0 aromatic carbocycles. The average molecular weight is 295 g/mol. The van der Waals surface area contributed by atoms with Crippen molar-refractivity contribution in [1.29, 1.82) is 0 Å². The third-order valence-corrected chi connectivity index (χ3v) is 5.77. The fourth-order valence-electron chi connectivity index (χ4n) is 3.17. The lowest BCUT2D eigenvalue weighted by Gasteiger charge is -2.26. The van der Waals surface area contributed by atoms with Crippen LogP contribution in [0.15, 0.2) is 0 Å². The first-order valence-electron chi connectivity index (χ1n) is 8.31. The van der Waals surface area contributed by atoms with Crippen LogP contribution in [0.2, 0.25) is 0 Å². The maximum atomic E-state index is 4.46. The highest BCUT2D eigenvalue weighted by Gasteiger charge is 2.25. The molecule has 0 radical (unpaired) electrons. The van der Waals surface area contributed by atoms with Crippen LogP contribution in [0.25, 0.3) is 0 Å². The van der Waals surface area contributed by atoms with Crippen LogP contribution in [0.3, 0.4) is 0 Å². The van der Waals surface area contributed by atoms with Gasteiger partial charge in [-0.2, -0.15) is 0 Å². The Morgan fingerprint density at radius 2 is 1.95 bits per heavy atom. The molecule has 1 N–H and O–H groups in total. The molecule has 0 spiro atoms. The zero-order chi connectivity index (χ0) is 14.4. The molecule has 20 heavy (non-hydrogen) atoms. The maximum absolute atomic E-state index is 4.46. The smallest absolute Gasteiger partial charge is 0.134 e. The third kappa shape index (κ3) is 4.26. The van der Waals surface area contributed by atoms with Gasteiger partial charge in [0.1, 0.15) is 10.0 Å². The van der Waals surface area contributed by atoms with Crippen LogP contribution in [0.1, 0.15) is 87.7 Å². The van der Waals surface area contributed by atoms with Crippen LogP contribution in [-0.2, 0) is 0 Å². The van der Waals surface area contributed by atoms with Gasteiger partial charge in [0.25, 0.3) is 0 Å². The predicted molar refractivity (Wildman–Crippen MR) is 86.2 cm³/mol. The lowest BCUT2D eigenvalue weighted by Crippen LogP contribution is -2.17. The summed E-state index contributed by atoms with van der Waals surface area (Å²) in [6, 6.07) is 0.340. The molecular weight excluding hydrogens is 266 g/mol. The van der Waals surface area contributed by atoms with Gasteiger partial charge in [0, 0.05) is 5.92 Å². The van der Waals surface area contributed by atoms with Gasteiger partial charge in [-0.1, -0.05) is 44.4 Å². The first kappa shape index (κ1) is 15.9. The SMILES string of the molecule is CCCCC1CCC(c2nnc(C(C)NCC)s2)CC1. The summed E-state index contributed by atoms with van der Waals surface area (Å²) in [6.07, 6.45) is 9.59. The minimum atomic E-state index is 0.340. The van der Waals surface area contributed by atoms with Crippen LogP contribution in [0.5, 0.6) is 0 Å². The quantitative estimate of drug-likeness (QED) is 0.794. The molecule has 1 aliphatic carbocycles. The van der Waals surface area contributed by atoms with Crippen molar-refractivity contribution < 1.29 is 0 Å². The Balaban J connectivity index is 1.84. The van der Waals surface area contributed by atoms with Gasteiger partial charge in [-0.25, -0.2) is 0 Å². The molecule has 1 saturated carbocycles. The molecule has 1 atom stereocenters. The van der Waals surface area contributed by atoms with Gasteiger partial charge in [0.2, 0.25) is 0 Å². The van der Waals surface area contributed by atoms with Crippen LogP contribution in [0.4, 0.5) is 0 Å². The van der Waals surface area contributed by atoms with E-state index in [1.54, 1.807) is 0 Å². The average Bonchev–Trinajstić information content (AvgIpc) is 2.96. The summed E-state index contributed by atoms with van der Waals surface area (Å²) in [4.78, 5) is 0. The summed E-state index contributed by atoms with van der Waals surface area (Å²) >= 11 is 1.82. The monoisotopic (exact) mass is 295 g/mol. The Bertz CT molecular complexity index is 383. The summed E-state index contributed by atoms with van der Waals surface area (Å²) in [5, 5.41) is 14.7. The molecule has 0 aliphatic heterocycles. The zero-order valence-corrected chi connectivity index (χ0v) is 14.0. The van der Waals surface area contributed by atoms with Crippen molar-refractivity contribution in [2.45, 2.75) is 77.7 Å². The van der Waals surface area contributed by atoms with Crippen LogP contribution >= 0.6 is 11.3 Å². The van der Waals surface area contributed by atoms with Gasteiger partial charge < -0.3 is 5.32 Å². The fraction of sp³-hybridized carbons (Fsp3) is 0.875. The highest BCUT2D eigenvalue weighted by atomic mass is 32.1. The van der Waals surface area contributed by atoms with Crippen LogP contribution in [0, 0.1) is 5.92 Å². The molecule has 1 aromatic rings. The van der Waals surface area contributed by atoms with E-state index in [9.17, 15) is 0 Å². The molecule has 1 heterocycles. The Morgan fingerprint density at radius 1 is 1.20 bits per heavy atom. The van der Waals surface area contributed by atoms with E-state index in [0.29, 0.717) is 12.0 Å². The van der Waals surface area contributed by atoms with Crippen molar-refractivity contribution in [3.8, 4) is 0 Å². The van der Waals surface area contributed by atoms with Crippen molar-refractivity contribution >= 4 is 11.3 Å². The molecule has 2 rings (SSSR count). The van der Waals surface area contributed by atoms with E-state index in [0.717, 1.165) is 17.5 Å². The molecule has 4 heteroatoms. The summed E-state index contributed by atoms with van der Waals surface area (Å²) in [7, 11) is 0. The summed E-state index contributed by atoms with van der Waals surface area (Å²) < 4.78 is 0. The van der Waals surface area contributed by atoms with E-state index < -0.39 is 0 Å². The second-order valence-electron chi connectivity index (χ2n) is 6.12. The third-order valence-electron chi connectivity index (χ3n) is 4.50. The Labute approximate surface area is 127 Å².